The van der Waals surface area contributed by atoms with Crippen molar-refractivity contribution in [2.75, 3.05) is 19.6 Å². The predicted octanol–water partition coefficient (Wildman–Crippen LogP) is 2.99. The molecule has 0 spiro atoms. The number of likely N-dealkylation sites (tertiary alicyclic amines) is 1. The molecular formula is C18H26N2O. The summed E-state index contributed by atoms with van der Waals surface area (Å²) in [6, 6.07) is 8.42. The number of rotatable bonds is 6. The summed E-state index contributed by atoms with van der Waals surface area (Å²) in [7, 11) is 0. The first-order valence-electron chi connectivity index (χ1n) is 7.81. The molecule has 1 aliphatic heterocycles. The Bertz CT molecular complexity index is 474. The van der Waals surface area contributed by atoms with Gasteiger partial charge in [-0.2, -0.15) is 0 Å². The Morgan fingerprint density at radius 3 is 2.52 bits per heavy atom. The second-order valence-corrected chi connectivity index (χ2v) is 5.91. The molecular weight excluding hydrogens is 260 g/mol. The monoisotopic (exact) mass is 286 g/mol. The van der Waals surface area contributed by atoms with Crippen LogP contribution in [0.15, 0.2) is 36.9 Å². The second-order valence-electron chi connectivity index (χ2n) is 5.91. The molecule has 1 fully saturated rings. The summed E-state index contributed by atoms with van der Waals surface area (Å²) in [4.78, 5) is 16.7. The molecule has 1 unspecified atom stereocenters. The number of amides is 1. The van der Waals surface area contributed by atoms with Crippen molar-refractivity contribution in [2.45, 2.75) is 39.3 Å². The van der Waals surface area contributed by atoms with Gasteiger partial charge in [0.2, 0.25) is 5.91 Å². The van der Waals surface area contributed by atoms with Crippen molar-refractivity contribution >= 4 is 5.91 Å². The summed E-state index contributed by atoms with van der Waals surface area (Å²) < 4.78 is 0. The molecule has 1 aromatic rings. The van der Waals surface area contributed by atoms with Crippen molar-refractivity contribution in [1.29, 1.82) is 0 Å². The molecule has 1 aromatic carbocycles. The number of hydrogen-bond acceptors (Lipinski definition) is 2. The van der Waals surface area contributed by atoms with Crippen LogP contribution in [-0.4, -0.2) is 41.4 Å². The van der Waals surface area contributed by atoms with Crippen LogP contribution in [-0.2, 0) is 11.3 Å². The summed E-state index contributed by atoms with van der Waals surface area (Å²) in [5.74, 6) is 0.251. The normalized spacial score (nSPS) is 16.2. The minimum Gasteiger partial charge on any atom is -0.341 e. The van der Waals surface area contributed by atoms with Gasteiger partial charge in [0.25, 0.3) is 0 Å². The van der Waals surface area contributed by atoms with Crippen molar-refractivity contribution < 1.29 is 4.79 Å². The van der Waals surface area contributed by atoms with Gasteiger partial charge in [-0.3, -0.25) is 9.69 Å². The topological polar surface area (TPSA) is 23.6 Å². The number of aryl methyl sites for hydroxylation is 1. The smallest absolute Gasteiger partial charge is 0.239 e. The summed E-state index contributed by atoms with van der Waals surface area (Å²) >= 11 is 0. The molecule has 1 heterocycles. The van der Waals surface area contributed by atoms with Crippen molar-refractivity contribution in [3.8, 4) is 0 Å². The highest BCUT2D eigenvalue weighted by Gasteiger charge is 2.27. The number of nitrogens with zero attached hydrogens (tertiary/aromatic N) is 2. The van der Waals surface area contributed by atoms with Gasteiger partial charge in [0.05, 0.1) is 6.04 Å². The summed E-state index contributed by atoms with van der Waals surface area (Å²) in [5.41, 5.74) is 2.50. The lowest BCUT2D eigenvalue weighted by molar-refractivity contribution is -0.135. The maximum Gasteiger partial charge on any atom is 0.239 e. The molecule has 0 aliphatic carbocycles. The Morgan fingerprint density at radius 2 is 1.95 bits per heavy atom. The molecule has 0 N–H and O–H groups in total. The molecule has 0 bridgehead atoms. The lowest BCUT2D eigenvalue weighted by atomic mass is 10.1. The fraction of sp³-hybridized carbons (Fsp3) is 0.500. The van der Waals surface area contributed by atoms with Gasteiger partial charge >= 0.3 is 0 Å². The molecule has 114 valence electrons. The van der Waals surface area contributed by atoms with Gasteiger partial charge in [-0.1, -0.05) is 35.9 Å². The summed E-state index contributed by atoms with van der Waals surface area (Å²) in [5, 5.41) is 0. The van der Waals surface area contributed by atoms with Crippen LogP contribution in [0, 0.1) is 6.92 Å². The van der Waals surface area contributed by atoms with Crippen molar-refractivity contribution in [2.24, 2.45) is 0 Å². The van der Waals surface area contributed by atoms with Gasteiger partial charge < -0.3 is 4.90 Å². The Hall–Kier alpha value is -1.61. The molecule has 21 heavy (non-hydrogen) atoms. The SMILES string of the molecule is C=CCN(Cc1ccc(C)cc1)C(C)C(=O)N1CCCC1. The van der Waals surface area contributed by atoms with Crippen LogP contribution < -0.4 is 0 Å². The zero-order chi connectivity index (χ0) is 15.2. The minimum absolute atomic E-state index is 0.0950. The van der Waals surface area contributed by atoms with Gasteiger partial charge in [0.1, 0.15) is 0 Å². The number of benzene rings is 1. The van der Waals surface area contributed by atoms with E-state index in [1.54, 1.807) is 0 Å². The first kappa shape index (κ1) is 15.8. The Labute approximate surface area is 128 Å². The highest BCUT2D eigenvalue weighted by atomic mass is 16.2. The molecule has 0 radical (unpaired) electrons. The van der Waals surface area contributed by atoms with Crippen LogP contribution in [0.4, 0.5) is 0 Å². The number of carbonyl (C=O) groups excluding carboxylic acids is 1. The first-order chi connectivity index (χ1) is 10.1. The molecule has 3 nitrogen and oxygen atoms in total. The highest BCUT2D eigenvalue weighted by molar-refractivity contribution is 5.81. The molecule has 2 rings (SSSR count). The third-order valence-electron chi connectivity index (χ3n) is 4.19. The third-order valence-corrected chi connectivity index (χ3v) is 4.19. The Balaban J connectivity index is 2.04. The van der Waals surface area contributed by atoms with Gasteiger partial charge in [0, 0.05) is 26.2 Å². The maximum atomic E-state index is 12.6. The van der Waals surface area contributed by atoms with E-state index in [2.05, 4.69) is 42.7 Å². The van der Waals surface area contributed by atoms with Gasteiger partial charge in [-0.05, 0) is 32.3 Å². The standard InChI is InChI=1S/C18H26N2O/c1-4-11-20(14-17-9-7-15(2)8-10-17)16(3)18(21)19-12-5-6-13-19/h4,7-10,16H,1,5-6,11-14H2,2-3H3. The lowest BCUT2D eigenvalue weighted by Crippen LogP contribution is -2.46. The molecule has 1 amide bonds. The first-order valence-corrected chi connectivity index (χ1v) is 7.81. The third kappa shape index (κ3) is 4.18. The van der Waals surface area contributed by atoms with E-state index in [0.717, 1.165) is 39.0 Å². The molecule has 1 atom stereocenters. The van der Waals surface area contributed by atoms with E-state index >= 15 is 0 Å². The predicted molar refractivity (Wildman–Crippen MR) is 87.1 cm³/mol. The number of carbonyl (C=O) groups is 1. The lowest BCUT2D eigenvalue weighted by Gasteiger charge is -2.30. The average Bonchev–Trinajstić information content (AvgIpc) is 3.02. The molecule has 0 aromatic heterocycles. The van der Waals surface area contributed by atoms with E-state index < -0.39 is 0 Å². The zero-order valence-electron chi connectivity index (χ0n) is 13.2. The van der Waals surface area contributed by atoms with E-state index in [9.17, 15) is 4.79 Å². The zero-order valence-corrected chi connectivity index (χ0v) is 13.2. The Morgan fingerprint density at radius 1 is 1.33 bits per heavy atom. The van der Waals surface area contributed by atoms with Gasteiger partial charge in [-0.25, -0.2) is 0 Å². The largest absolute Gasteiger partial charge is 0.341 e. The van der Waals surface area contributed by atoms with E-state index in [0.29, 0.717) is 0 Å². The van der Waals surface area contributed by atoms with Gasteiger partial charge in [-0.15, -0.1) is 6.58 Å². The quantitative estimate of drug-likeness (QED) is 0.751. The molecule has 3 heteroatoms. The van der Waals surface area contributed by atoms with Crippen LogP contribution in [0.5, 0.6) is 0 Å². The summed E-state index contributed by atoms with van der Waals surface area (Å²) in [6.07, 6.45) is 4.15. The van der Waals surface area contributed by atoms with E-state index in [4.69, 9.17) is 0 Å². The number of hydrogen-bond donors (Lipinski definition) is 0. The van der Waals surface area contributed by atoms with Crippen LogP contribution in [0.1, 0.15) is 30.9 Å². The molecule has 0 saturated carbocycles. The maximum absolute atomic E-state index is 12.6. The Kier molecular flexibility index (Phi) is 5.57. The van der Waals surface area contributed by atoms with Crippen LogP contribution in [0.3, 0.4) is 0 Å². The molecule has 1 saturated heterocycles. The van der Waals surface area contributed by atoms with Crippen molar-refractivity contribution in [3.05, 3.63) is 48.0 Å². The second kappa shape index (κ2) is 7.41. The average molecular weight is 286 g/mol. The van der Waals surface area contributed by atoms with Crippen LogP contribution >= 0.6 is 0 Å². The fourth-order valence-corrected chi connectivity index (χ4v) is 2.81. The van der Waals surface area contributed by atoms with E-state index in [1.807, 2.05) is 17.9 Å². The van der Waals surface area contributed by atoms with E-state index in [-0.39, 0.29) is 11.9 Å². The van der Waals surface area contributed by atoms with Crippen molar-refractivity contribution in [3.63, 3.8) is 0 Å². The van der Waals surface area contributed by atoms with Crippen LogP contribution in [0.25, 0.3) is 0 Å². The van der Waals surface area contributed by atoms with Crippen molar-refractivity contribution in [1.82, 2.24) is 9.80 Å². The van der Waals surface area contributed by atoms with E-state index in [1.165, 1.54) is 11.1 Å². The summed E-state index contributed by atoms with van der Waals surface area (Å²) in [6.45, 7) is 11.3. The highest BCUT2D eigenvalue weighted by Crippen LogP contribution is 2.15. The minimum atomic E-state index is -0.0950. The fourth-order valence-electron chi connectivity index (χ4n) is 2.81. The van der Waals surface area contributed by atoms with Gasteiger partial charge in [0.15, 0.2) is 0 Å². The van der Waals surface area contributed by atoms with Crippen LogP contribution in [0.2, 0.25) is 0 Å². The molecule has 1 aliphatic rings.